The maximum atomic E-state index is 2.43. The van der Waals surface area contributed by atoms with Gasteiger partial charge in [0.05, 0.1) is 0 Å². The van der Waals surface area contributed by atoms with Gasteiger partial charge in [-0.1, -0.05) is 276 Å². The van der Waals surface area contributed by atoms with Gasteiger partial charge in [0.2, 0.25) is 0 Å². The fourth-order valence-electron chi connectivity index (χ4n) is 9.84. The largest absolute Gasteiger partial charge is 0.0649 e. The first kappa shape index (κ1) is 53.7. The van der Waals surface area contributed by atoms with E-state index in [1.54, 1.807) is 0 Å². The van der Waals surface area contributed by atoms with Gasteiger partial charge in [0.1, 0.15) is 0 Å². The van der Waals surface area contributed by atoms with Crippen LogP contribution in [0.1, 0.15) is 204 Å². The summed E-state index contributed by atoms with van der Waals surface area (Å²) in [6.07, 6.45) is 18.5. The van der Waals surface area contributed by atoms with Crippen molar-refractivity contribution < 1.29 is 0 Å². The average Bonchev–Trinajstić information content (AvgIpc) is 3.32. The highest BCUT2D eigenvalue weighted by Gasteiger charge is 2.29. The standard InChI is InChI=1S/2C15H18.C14H16.C11H22.C10H20/c1-4-15(2,3)14-11-7-9-12-8-5-6-10-13(12)14;1-4-15(2,3)14-10-9-12-7-5-6-8-13(12)11-14;1-14(2,3)13-10-6-8-11-7-4-5-9-12(11)13;1-4-11(2,3)10-8-6-5-7-9-10;1-10(2,3)9-7-5-4-6-8-9/h2*5-11H,4H2,1-3H3;4-10H,1-3H3;10H,4-9H2,1-3H3;9H,4-8H2,1-3H3. The Morgan fingerprint density at radius 1 is 0.369 bits per heavy atom. The minimum atomic E-state index is 0.223. The van der Waals surface area contributed by atoms with Gasteiger partial charge in [-0.05, 0) is 126 Å². The van der Waals surface area contributed by atoms with Crippen LogP contribution in [0, 0.1) is 22.7 Å². The molecule has 0 heterocycles. The van der Waals surface area contributed by atoms with Crippen LogP contribution in [-0.2, 0) is 16.2 Å². The van der Waals surface area contributed by atoms with Crippen LogP contribution >= 0.6 is 0 Å². The van der Waals surface area contributed by atoms with E-state index in [9.17, 15) is 0 Å². The molecule has 0 saturated heterocycles. The van der Waals surface area contributed by atoms with E-state index < -0.39 is 0 Å². The Hall–Kier alpha value is -3.90. The van der Waals surface area contributed by atoms with Crippen molar-refractivity contribution in [2.24, 2.45) is 22.7 Å². The van der Waals surface area contributed by atoms with E-state index in [0.717, 1.165) is 11.8 Å². The van der Waals surface area contributed by atoms with Crippen LogP contribution in [0.5, 0.6) is 0 Å². The van der Waals surface area contributed by atoms with Crippen LogP contribution in [-0.4, -0.2) is 0 Å². The lowest BCUT2D eigenvalue weighted by molar-refractivity contribution is 0.152. The molecule has 6 aromatic rings. The molecule has 2 saturated carbocycles. The minimum Gasteiger partial charge on any atom is -0.0649 e. The van der Waals surface area contributed by atoms with Gasteiger partial charge in [-0.25, -0.2) is 0 Å². The molecule has 0 aromatic heterocycles. The van der Waals surface area contributed by atoms with Gasteiger partial charge in [0.15, 0.2) is 0 Å². The number of hydrogen-bond donors (Lipinski definition) is 0. The van der Waals surface area contributed by atoms with Gasteiger partial charge in [-0.2, -0.15) is 0 Å². The Morgan fingerprint density at radius 3 is 1.23 bits per heavy atom. The summed E-state index contributed by atoms with van der Waals surface area (Å²) in [4.78, 5) is 0. The van der Waals surface area contributed by atoms with E-state index in [1.165, 1.54) is 132 Å². The van der Waals surface area contributed by atoms with Crippen molar-refractivity contribution in [2.45, 2.75) is 204 Å². The first-order valence-corrected chi connectivity index (χ1v) is 26.1. The molecule has 0 radical (unpaired) electrons. The predicted octanol–water partition coefficient (Wildman–Crippen LogP) is 20.8. The normalized spacial score (nSPS) is 15.4. The molecule has 2 fully saturated rings. The van der Waals surface area contributed by atoms with E-state index in [4.69, 9.17) is 0 Å². The molecule has 65 heavy (non-hydrogen) atoms. The molecule has 2 aliphatic rings. The fourth-order valence-corrected chi connectivity index (χ4v) is 9.84. The zero-order valence-electron chi connectivity index (χ0n) is 44.5. The summed E-state index contributed by atoms with van der Waals surface area (Å²) in [5, 5.41) is 8.12. The van der Waals surface area contributed by atoms with Crippen molar-refractivity contribution in [1.29, 1.82) is 0 Å². The zero-order chi connectivity index (χ0) is 47.9. The Morgan fingerprint density at radius 2 is 0.785 bits per heavy atom. The molecule has 6 aromatic carbocycles. The summed E-state index contributed by atoms with van der Waals surface area (Å²) in [6, 6.07) is 45.7. The quantitative estimate of drug-likeness (QED) is 0.156. The Kier molecular flexibility index (Phi) is 20.0. The summed E-state index contributed by atoms with van der Waals surface area (Å²) >= 11 is 0. The van der Waals surface area contributed by atoms with Crippen molar-refractivity contribution in [1.82, 2.24) is 0 Å². The maximum Gasteiger partial charge on any atom is -0.0100 e. The predicted molar refractivity (Wildman–Crippen MR) is 294 cm³/mol. The van der Waals surface area contributed by atoms with Gasteiger partial charge in [-0.3, -0.25) is 0 Å². The lowest BCUT2D eigenvalue weighted by atomic mass is 9.70. The van der Waals surface area contributed by atoms with Crippen LogP contribution in [0.3, 0.4) is 0 Å². The fraction of sp³-hybridized carbons (Fsp3) is 0.538. The average molecular weight is 875 g/mol. The lowest BCUT2D eigenvalue weighted by Crippen LogP contribution is -2.25. The second-order valence-corrected chi connectivity index (χ2v) is 23.7. The van der Waals surface area contributed by atoms with E-state index in [0.29, 0.717) is 10.8 Å². The van der Waals surface area contributed by atoms with Gasteiger partial charge in [-0.15, -0.1) is 0 Å². The lowest BCUT2D eigenvalue weighted by Gasteiger charge is -2.36. The summed E-state index contributed by atoms with van der Waals surface area (Å²) in [5.74, 6) is 2.02. The van der Waals surface area contributed by atoms with Crippen molar-refractivity contribution in [3.8, 4) is 0 Å². The molecule has 0 unspecified atom stereocenters. The van der Waals surface area contributed by atoms with Gasteiger partial charge in [0, 0.05) is 0 Å². The summed E-state index contributed by atoms with van der Waals surface area (Å²) in [7, 11) is 0. The van der Waals surface area contributed by atoms with E-state index in [1.807, 2.05) is 0 Å². The molecule has 0 spiro atoms. The van der Waals surface area contributed by atoms with E-state index in [2.05, 4.69) is 231 Å². The first-order chi connectivity index (χ1) is 30.6. The third kappa shape index (κ3) is 15.9. The number of rotatable bonds is 6. The number of benzene rings is 6. The molecule has 8 rings (SSSR count). The topological polar surface area (TPSA) is 0 Å². The molecular weight excluding hydrogens is 781 g/mol. The van der Waals surface area contributed by atoms with Gasteiger partial charge < -0.3 is 0 Å². The highest BCUT2D eigenvalue weighted by Crippen LogP contribution is 2.41. The highest BCUT2D eigenvalue weighted by atomic mass is 14.3. The minimum absolute atomic E-state index is 0.223. The molecule has 0 nitrogen and oxygen atoms in total. The molecular formula is C65H94. The summed E-state index contributed by atoms with van der Waals surface area (Å²) in [5.41, 5.74) is 6.27. The van der Waals surface area contributed by atoms with Crippen molar-refractivity contribution in [3.63, 3.8) is 0 Å². The van der Waals surface area contributed by atoms with Crippen molar-refractivity contribution >= 4 is 32.3 Å². The second kappa shape index (κ2) is 24.2. The van der Waals surface area contributed by atoms with Crippen molar-refractivity contribution in [3.05, 3.63) is 144 Å². The molecule has 0 amide bonds. The number of hydrogen-bond acceptors (Lipinski definition) is 0. The third-order valence-electron chi connectivity index (χ3n) is 15.9. The Bertz CT molecular complexity index is 2270. The van der Waals surface area contributed by atoms with Crippen LogP contribution in [0.15, 0.2) is 127 Å². The maximum absolute atomic E-state index is 2.43. The third-order valence-corrected chi connectivity index (χ3v) is 15.9. The van der Waals surface area contributed by atoms with Crippen LogP contribution in [0.2, 0.25) is 0 Å². The van der Waals surface area contributed by atoms with Crippen LogP contribution < -0.4 is 0 Å². The molecule has 0 heteroatoms. The number of fused-ring (bicyclic) bond motifs is 3. The SMILES string of the molecule is CC(C)(C)C1CCCCC1.CC(C)(C)c1cccc2ccccc12.CCC(C)(C)C1CCCCC1.CCC(C)(C)c1ccc2ccccc2c1.CCC(C)(C)c1cccc2ccccc12. The van der Waals surface area contributed by atoms with Gasteiger partial charge in [0.25, 0.3) is 0 Å². The van der Waals surface area contributed by atoms with E-state index in [-0.39, 0.29) is 16.2 Å². The van der Waals surface area contributed by atoms with Crippen LogP contribution in [0.25, 0.3) is 32.3 Å². The monoisotopic (exact) mass is 875 g/mol. The summed E-state index contributed by atoms with van der Waals surface area (Å²) < 4.78 is 0. The highest BCUT2D eigenvalue weighted by molar-refractivity contribution is 5.87. The molecule has 0 N–H and O–H groups in total. The molecule has 0 aliphatic heterocycles. The smallest absolute Gasteiger partial charge is 0.0100 e. The zero-order valence-corrected chi connectivity index (χ0v) is 44.5. The Balaban J connectivity index is 0.000000179. The molecule has 0 bridgehead atoms. The first-order valence-electron chi connectivity index (χ1n) is 26.1. The summed E-state index contributed by atoms with van der Waals surface area (Å²) in [6.45, 7) is 34.8. The molecule has 354 valence electrons. The van der Waals surface area contributed by atoms with Crippen molar-refractivity contribution in [2.75, 3.05) is 0 Å². The molecule has 2 aliphatic carbocycles. The van der Waals surface area contributed by atoms with E-state index >= 15 is 0 Å². The van der Waals surface area contributed by atoms with Gasteiger partial charge >= 0.3 is 0 Å². The molecule has 0 atom stereocenters. The van der Waals surface area contributed by atoms with Crippen LogP contribution in [0.4, 0.5) is 0 Å². The Labute approximate surface area is 400 Å². The second-order valence-electron chi connectivity index (χ2n) is 23.7.